The summed E-state index contributed by atoms with van der Waals surface area (Å²) in [6, 6.07) is 7.32. The molecule has 160 valence electrons. The zero-order chi connectivity index (χ0) is 21.5. The van der Waals surface area contributed by atoms with E-state index in [-0.39, 0.29) is 47.0 Å². The van der Waals surface area contributed by atoms with Gasteiger partial charge in [-0.1, -0.05) is 44.0 Å². The molecule has 0 bridgehead atoms. The van der Waals surface area contributed by atoms with E-state index in [1.165, 1.54) is 0 Å². The van der Waals surface area contributed by atoms with Crippen LogP contribution in [-0.4, -0.2) is 41.4 Å². The summed E-state index contributed by atoms with van der Waals surface area (Å²) in [5.41, 5.74) is 8.12. The molecule has 3 N–H and O–H groups in total. The molecule has 0 radical (unpaired) electrons. The molecule has 6 atom stereocenters. The van der Waals surface area contributed by atoms with Gasteiger partial charge in [-0.3, -0.25) is 9.59 Å². The lowest BCUT2D eigenvalue weighted by Gasteiger charge is -2.32. The number of carbonyl (C=O) groups excluding carboxylic acids is 2. The SMILES string of the molecule is C#CCO[C@@H]1Cc2ccccc2[C@@H]1NC(=O)[C@@H]1C2C(=O)[C@@H](N)CCS[C@H]2CC1(C)C. The van der Waals surface area contributed by atoms with Crippen LogP contribution in [0.4, 0.5) is 0 Å². The quantitative estimate of drug-likeness (QED) is 0.723. The minimum absolute atomic E-state index is 0.0441. The van der Waals surface area contributed by atoms with Crippen LogP contribution in [0.5, 0.6) is 0 Å². The molecule has 2 fully saturated rings. The van der Waals surface area contributed by atoms with E-state index in [1.807, 2.05) is 18.2 Å². The molecule has 1 aliphatic heterocycles. The molecule has 2 aliphatic carbocycles. The molecule has 4 rings (SSSR count). The van der Waals surface area contributed by atoms with E-state index in [4.69, 9.17) is 16.9 Å². The predicted molar refractivity (Wildman–Crippen MR) is 119 cm³/mol. The summed E-state index contributed by atoms with van der Waals surface area (Å²) in [5.74, 6) is 2.64. The molecule has 1 unspecified atom stereocenters. The van der Waals surface area contributed by atoms with E-state index in [0.717, 1.165) is 23.3 Å². The number of hydrogen-bond donors (Lipinski definition) is 2. The summed E-state index contributed by atoms with van der Waals surface area (Å²) in [7, 11) is 0. The average molecular weight is 427 g/mol. The summed E-state index contributed by atoms with van der Waals surface area (Å²) < 4.78 is 5.89. The second kappa shape index (κ2) is 8.37. The van der Waals surface area contributed by atoms with Crippen LogP contribution in [-0.2, 0) is 20.7 Å². The molecule has 0 spiro atoms. The molecule has 1 saturated carbocycles. The van der Waals surface area contributed by atoms with Gasteiger partial charge in [-0.15, -0.1) is 6.42 Å². The topological polar surface area (TPSA) is 81.4 Å². The number of ether oxygens (including phenoxy) is 1. The largest absolute Gasteiger partial charge is 0.363 e. The van der Waals surface area contributed by atoms with E-state index < -0.39 is 12.0 Å². The number of Topliss-reactive ketones (excluding diaryl/α,β-unsaturated/α-hetero) is 1. The van der Waals surface area contributed by atoms with Gasteiger partial charge in [0.05, 0.1) is 24.1 Å². The van der Waals surface area contributed by atoms with Crippen molar-refractivity contribution in [3.8, 4) is 12.3 Å². The van der Waals surface area contributed by atoms with Crippen molar-refractivity contribution in [2.75, 3.05) is 12.4 Å². The molecule has 1 aromatic carbocycles. The van der Waals surface area contributed by atoms with Crippen molar-refractivity contribution >= 4 is 23.5 Å². The van der Waals surface area contributed by atoms with Crippen molar-refractivity contribution in [3.05, 3.63) is 35.4 Å². The van der Waals surface area contributed by atoms with Gasteiger partial charge in [-0.2, -0.15) is 11.8 Å². The first-order valence-corrected chi connectivity index (χ1v) is 11.7. The zero-order valence-electron chi connectivity index (χ0n) is 17.6. The van der Waals surface area contributed by atoms with E-state index in [0.29, 0.717) is 12.8 Å². The van der Waals surface area contributed by atoms with Crippen molar-refractivity contribution < 1.29 is 14.3 Å². The summed E-state index contributed by atoms with van der Waals surface area (Å²) in [4.78, 5) is 26.8. The van der Waals surface area contributed by atoms with Gasteiger partial charge in [0, 0.05) is 17.6 Å². The maximum absolute atomic E-state index is 13.7. The number of benzene rings is 1. The van der Waals surface area contributed by atoms with Gasteiger partial charge in [0.2, 0.25) is 5.91 Å². The van der Waals surface area contributed by atoms with Gasteiger partial charge in [0.15, 0.2) is 5.78 Å². The van der Waals surface area contributed by atoms with Crippen molar-refractivity contribution in [3.63, 3.8) is 0 Å². The number of thioether (sulfide) groups is 1. The molecule has 3 aliphatic rings. The van der Waals surface area contributed by atoms with Crippen LogP contribution in [0, 0.1) is 29.6 Å². The number of hydrogen-bond acceptors (Lipinski definition) is 5. The third-order valence-corrected chi connectivity index (χ3v) is 8.29. The highest BCUT2D eigenvalue weighted by Gasteiger charge is 2.56. The van der Waals surface area contributed by atoms with Crippen molar-refractivity contribution in [1.82, 2.24) is 5.32 Å². The summed E-state index contributed by atoms with van der Waals surface area (Å²) in [6.07, 6.45) is 7.43. The van der Waals surface area contributed by atoms with Gasteiger partial charge < -0.3 is 15.8 Å². The number of nitrogens with one attached hydrogen (secondary N) is 1. The van der Waals surface area contributed by atoms with Crippen molar-refractivity contribution in [1.29, 1.82) is 0 Å². The first-order valence-electron chi connectivity index (χ1n) is 10.7. The molecule has 6 heteroatoms. The third-order valence-electron chi connectivity index (χ3n) is 6.93. The van der Waals surface area contributed by atoms with Gasteiger partial charge in [0.1, 0.15) is 6.61 Å². The maximum Gasteiger partial charge on any atom is 0.224 e. The molecular formula is C24H30N2O3S. The number of ketones is 1. The zero-order valence-corrected chi connectivity index (χ0v) is 18.4. The van der Waals surface area contributed by atoms with E-state index in [2.05, 4.69) is 31.2 Å². The fourth-order valence-corrected chi connectivity index (χ4v) is 7.26. The monoisotopic (exact) mass is 426 g/mol. The Bertz CT molecular complexity index is 877. The fraction of sp³-hybridized carbons (Fsp3) is 0.583. The highest BCUT2D eigenvalue weighted by Crippen LogP contribution is 2.53. The standard InChI is InChI=1S/C24H30N2O3S/c1-4-10-29-17-12-14-7-5-6-8-15(14)21(17)26-23(28)20-19-18(13-24(20,2)3)30-11-9-16(25)22(19)27/h1,5-8,16-21H,9-13,25H2,2-3H3,(H,26,28)/t16-,17+,18-,19?,20-,21-/m0/s1. The lowest BCUT2D eigenvalue weighted by atomic mass is 9.75. The van der Waals surface area contributed by atoms with Crippen molar-refractivity contribution in [2.24, 2.45) is 23.0 Å². The summed E-state index contributed by atoms with van der Waals surface area (Å²) >= 11 is 1.80. The second-order valence-corrected chi connectivity index (χ2v) is 10.7. The van der Waals surface area contributed by atoms with Gasteiger partial charge in [-0.05, 0) is 35.1 Å². The van der Waals surface area contributed by atoms with Crippen molar-refractivity contribution in [2.45, 2.75) is 56.5 Å². The molecule has 1 amide bonds. The molecule has 1 aromatic rings. The smallest absolute Gasteiger partial charge is 0.224 e. The van der Waals surface area contributed by atoms with Crippen LogP contribution in [0.25, 0.3) is 0 Å². The van der Waals surface area contributed by atoms with Crippen LogP contribution >= 0.6 is 11.8 Å². The number of fused-ring (bicyclic) bond motifs is 2. The van der Waals surface area contributed by atoms with Crippen LogP contribution < -0.4 is 11.1 Å². The normalized spacial score (nSPS) is 34.5. The van der Waals surface area contributed by atoms with Crippen LogP contribution in [0.1, 0.15) is 43.9 Å². The lowest BCUT2D eigenvalue weighted by Crippen LogP contribution is -2.48. The Kier molecular flexibility index (Phi) is 5.98. The molecule has 0 aromatic heterocycles. The molecule has 1 saturated heterocycles. The first-order chi connectivity index (χ1) is 14.3. The first kappa shape index (κ1) is 21.4. The summed E-state index contributed by atoms with van der Waals surface area (Å²) in [6.45, 7) is 4.40. The lowest BCUT2D eigenvalue weighted by molar-refractivity contribution is -0.136. The van der Waals surface area contributed by atoms with Gasteiger partial charge in [0.25, 0.3) is 0 Å². The second-order valence-electron chi connectivity index (χ2n) is 9.35. The van der Waals surface area contributed by atoms with E-state index in [9.17, 15) is 9.59 Å². The Labute approximate surface area is 182 Å². The molecular weight excluding hydrogens is 396 g/mol. The Hall–Kier alpha value is -1.81. The molecule has 5 nitrogen and oxygen atoms in total. The number of amides is 1. The van der Waals surface area contributed by atoms with E-state index >= 15 is 0 Å². The Morgan fingerprint density at radius 3 is 2.93 bits per heavy atom. The average Bonchev–Trinajstić information content (AvgIpc) is 3.14. The van der Waals surface area contributed by atoms with Crippen LogP contribution in [0.3, 0.4) is 0 Å². The van der Waals surface area contributed by atoms with E-state index in [1.54, 1.807) is 11.8 Å². The summed E-state index contributed by atoms with van der Waals surface area (Å²) in [5, 5.41) is 3.40. The fourth-order valence-electron chi connectivity index (χ4n) is 5.52. The Morgan fingerprint density at radius 2 is 2.17 bits per heavy atom. The minimum Gasteiger partial charge on any atom is -0.363 e. The van der Waals surface area contributed by atoms with Gasteiger partial charge >= 0.3 is 0 Å². The van der Waals surface area contributed by atoms with Gasteiger partial charge in [-0.25, -0.2) is 0 Å². The third kappa shape index (κ3) is 3.79. The highest BCUT2D eigenvalue weighted by atomic mass is 32.2. The Balaban J connectivity index is 1.61. The minimum atomic E-state index is -0.476. The number of nitrogens with two attached hydrogens (primary N) is 1. The maximum atomic E-state index is 13.7. The van der Waals surface area contributed by atoms with Crippen LogP contribution in [0.15, 0.2) is 24.3 Å². The predicted octanol–water partition coefficient (Wildman–Crippen LogP) is 2.48. The highest BCUT2D eigenvalue weighted by molar-refractivity contribution is 7.99. The molecule has 30 heavy (non-hydrogen) atoms. The van der Waals surface area contributed by atoms with Crippen LogP contribution in [0.2, 0.25) is 0 Å². The molecule has 1 heterocycles. The number of rotatable bonds is 4. The number of carbonyl (C=O) groups is 2. The Morgan fingerprint density at radius 1 is 1.40 bits per heavy atom. The number of terminal acetylenes is 1.